The zero-order valence-corrected chi connectivity index (χ0v) is 59.2. The average molecular weight is 1190 g/mol. The molecule has 2 aliphatic heterocycles. The second-order valence-electron chi connectivity index (χ2n) is 34.2. The molecule has 0 bridgehead atoms. The number of fused-ring (bicyclic) bond motifs is 15. The molecule has 10 nitrogen and oxygen atoms in total. The number of aromatic nitrogens is 1. The molecule has 0 radical (unpaired) electrons. The van der Waals surface area contributed by atoms with Crippen LogP contribution < -0.4 is 34.7 Å². The van der Waals surface area contributed by atoms with E-state index in [4.69, 9.17) is 40.3 Å². The molecule has 3 heterocycles. The quantitative estimate of drug-likeness (QED) is 0.200. The number of ketones is 1. The first kappa shape index (κ1) is 68.5. The van der Waals surface area contributed by atoms with Gasteiger partial charge in [-0.05, 0) is 262 Å². The molecule has 13 rings (SSSR count). The molecule has 85 heavy (non-hydrogen) atoms. The topological polar surface area (TPSA) is 128 Å². The van der Waals surface area contributed by atoms with Crippen LogP contribution in [0.25, 0.3) is 4.85 Å². The van der Waals surface area contributed by atoms with Crippen molar-refractivity contribution in [2.45, 2.75) is 275 Å². The first-order valence-corrected chi connectivity index (χ1v) is 35.0. The number of aliphatic hydroxyl groups excluding tert-OH is 1. The predicted octanol–water partition coefficient (Wildman–Crippen LogP) is 13.3. The molecule has 9 saturated carbocycles. The van der Waals surface area contributed by atoms with Crippen molar-refractivity contribution in [2.24, 2.45) is 120 Å². The van der Waals surface area contributed by atoms with Crippen LogP contribution in [0.2, 0.25) is 0 Å². The summed E-state index contributed by atoms with van der Waals surface area (Å²) in [7, 11) is 1.75. The number of nitrogens with zero attached hydrogens (tertiary/aromatic N) is 2. The van der Waals surface area contributed by atoms with E-state index < -0.39 is 11.5 Å². The Morgan fingerprint density at radius 2 is 1.05 bits per heavy atom. The molecule has 1 aromatic rings. The van der Waals surface area contributed by atoms with Crippen LogP contribution in [-0.2, 0) is 35.6 Å². The zero-order valence-electron chi connectivity index (χ0n) is 57.2. The molecule has 476 valence electrons. The maximum Gasteiger partial charge on any atom is 1.00 e. The van der Waals surface area contributed by atoms with Crippen LogP contribution in [0, 0.1) is 126 Å². The molecule has 1 N–H and O–H groups in total. The van der Waals surface area contributed by atoms with E-state index in [2.05, 4.69) is 113 Å². The standard InChI is InChI=1S/2C36H57NO3.CH4O.CH3O.Na/c1-23(2)25-13-16-36(22-39-29-10-8-9-19-38-29)18-17-34(6)26(30(25)36)11-12-28-33(5)20-24-21-37-40-31(24)32(3,4)27(33)14-15-35(28,34)7;1-23(2)24-14-17-36(22-40-29-11-9-10-20-39-29)19-18-34(6)25(30(24)36)12-13-28-33(5)21-26(37-8)31(38)32(3,4)27(33)15-16-35(28,34)7;2*1-2;/h21,23,25-30H,8-20,22H2,1-7H3;23-30H,9-22H2,1-7H3;2H,1H3;1H3;/q;;;-1;+1/t25-,26+,27-,28+,29?,30+,33-,34+,35+,36+;24-,25+,26?,27-,28+,29?,30+,33-,34+,35+,36+;;;/m00.../s1. The zero-order chi connectivity index (χ0) is 60.8. The molecule has 0 aromatic carbocycles. The molecular weight excluding hydrogens is 1070 g/mol. The van der Waals surface area contributed by atoms with E-state index in [9.17, 15) is 4.79 Å². The monoisotopic (exact) mass is 1190 g/mol. The number of hydrogen-bond donors (Lipinski definition) is 1. The van der Waals surface area contributed by atoms with Crippen LogP contribution in [0.1, 0.15) is 256 Å². The van der Waals surface area contributed by atoms with Gasteiger partial charge in [-0.1, -0.05) is 102 Å². The van der Waals surface area contributed by atoms with Crippen molar-refractivity contribution < 1.29 is 68.0 Å². The molecule has 10 aliphatic carbocycles. The summed E-state index contributed by atoms with van der Waals surface area (Å²) in [6.45, 7) is 46.8. The molecule has 0 spiro atoms. The normalized spacial score (nSPS) is 47.8. The Hall–Kier alpha value is -0.870. The van der Waals surface area contributed by atoms with Gasteiger partial charge < -0.3 is 38.5 Å². The minimum atomic E-state index is -0.456. The van der Waals surface area contributed by atoms with Crippen LogP contribution >= 0.6 is 0 Å². The molecule has 11 fully saturated rings. The Bertz CT molecular complexity index is 2490. The second-order valence-corrected chi connectivity index (χ2v) is 34.2. The van der Waals surface area contributed by atoms with Gasteiger partial charge in [-0.25, -0.2) is 6.57 Å². The van der Waals surface area contributed by atoms with E-state index in [0.717, 1.165) is 120 Å². The van der Waals surface area contributed by atoms with Crippen molar-refractivity contribution >= 4 is 5.78 Å². The number of hydrogen-bond acceptors (Lipinski definition) is 9. The smallest absolute Gasteiger partial charge is 0.857 e. The number of Topliss-reactive ketones (excluding diaryl/α,β-unsaturated/α-hetero) is 1. The van der Waals surface area contributed by atoms with Crippen LogP contribution in [0.5, 0.6) is 0 Å². The average Bonchev–Trinajstić information content (AvgIpc) is 1.50. The van der Waals surface area contributed by atoms with Crippen molar-refractivity contribution in [3.8, 4) is 0 Å². The summed E-state index contributed by atoms with van der Waals surface area (Å²) >= 11 is 0. The first-order chi connectivity index (χ1) is 39.8. The fourth-order valence-electron chi connectivity index (χ4n) is 26.1. The van der Waals surface area contributed by atoms with E-state index in [0.29, 0.717) is 56.2 Å². The Morgan fingerprint density at radius 3 is 1.48 bits per heavy atom. The number of rotatable bonds is 8. The van der Waals surface area contributed by atoms with Gasteiger partial charge in [0, 0.05) is 43.1 Å². The van der Waals surface area contributed by atoms with Crippen LogP contribution in [-0.4, -0.2) is 75.3 Å². The van der Waals surface area contributed by atoms with Crippen LogP contribution in [0.4, 0.5) is 0 Å². The molecule has 1 aromatic heterocycles. The van der Waals surface area contributed by atoms with Gasteiger partial charge in [-0.2, -0.15) is 7.11 Å². The Labute approximate surface area is 539 Å². The minimum absolute atomic E-state index is 0. The van der Waals surface area contributed by atoms with E-state index in [1.165, 1.54) is 133 Å². The van der Waals surface area contributed by atoms with Gasteiger partial charge in [0.25, 0.3) is 6.04 Å². The summed E-state index contributed by atoms with van der Waals surface area (Å²) in [5.41, 5.74) is 3.44. The van der Waals surface area contributed by atoms with E-state index >= 15 is 0 Å². The molecule has 0 amide bonds. The van der Waals surface area contributed by atoms with Crippen molar-refractivity contribution in [3.63, 3.8) is 0 Å². The van der Waals surface area contributed by atoms with Gasteiger partial charge in [-0.3, -0.25) is 4.79 Å². The van der Waals surface area contributed by atoms with Crippen molar-refractivity contribution in [2.75, 3.05) is 40.6 Å². The number of ether oxygens (including phenoxy) is 4. The van der Waals surface area contributed by atoms with Gasteiger partial charge in [0.2, 0.25) is 5.78 Å². The molecule has 11 heteroatoms. The summed E-state index contributed by atoms with van der Waals surface area (Å²) < 4.78 is 31.4. The van der Waals surface area contributed by atoms with Crippen molar-refractivity contribution in [3.05, 3.63) is 28.9 Å². The number of carbonyl (C=O) groups is 1. The minimum Gasteiger partial charge on any atom is -0.857 e. The number of aliphatic hydroxyl groups is 1. The van der Waals surface area contributed by atoms with E-state index in [-0.39, 0.29) is 64.2 Å². The molecule has 3 unspecified atom stereocenters. The molecular formula is C74H121N2NaO8. The second kappa shape index (κ2) is 25.2. The molecule has 12 aliphatic rings. The Balaban J connectivity index is 0.000000190. The maximum absolute atomic E-state index is 13.4. The third kappa shape index (κ3) is 10.6. The summed E-state index contributed by atoms with van der Waals surface area (Å²) in [6.07, 6.45) is 32.2. The fourth-order valence-corrected chi connectivity index (χ4v) is 26.1. The molecule has 21 atom stereocenters. The number of carbonyl (C=O) groups excluding carboxylic acids is 1. The SMILES string of the molecule is CC(C)[C@@H]1CC[C@]2(COC3CCCCO3)CC[C@]3(C)[C@H](CC[C@@H]4[C@@]5(C)Cc6cnoc6C(C)(C)[C@@H]5CC[C@]43C)[C@@H]12.CO.C[O-].[C-]#[N+]C1C[C@]2(C)[C@H]3CC[C@@H]4[C@H]5[C@H](C(C)C)CC[C@]5(COC5CCCCO5)CC[C@@]4(C)[C@]3(C)CC[C@H]2C(C)(C)C1=O.[Na+]. The third-order valence-electron chi connectivity index (χ3n) is 30.2. The van der Waals surface area contributed by atoms with Gasteiger partial charge in [0.1, 0.15) is 5.76 Å². The van der Waals surface area contributed by atoms with Crippen LogP contribution in [0.15, 0.2) is 10.7 Å². The predicted molar refractivity (Wildman–Crippen MR) is 332 cm³/mol. The van der Waals surface area contributed by atoms with Gasteiger partial charge in [0.05, 0.1) is 19.4 Å². The first-order valence-electron chi connectivity index (χ1n) is 35.0. The van der Waals surface area contributed by atoms with E-state index in [1.54, 1.807) is 0 Å². The van der Waals surface area contributed by atoms with Gasteiger partial charge in [0.15, 0.2) is 12.6 Å². The van der Waals surface area contributed by atoms with Gasteiger partial charge >= 0.3 is 29.6 Å². The Kier molecular flexibility index (Phi) is 20.3. The third-order valence-corrected chi connectivity index (χ3v) is 30.2. The summed E-state index contributed by atoms with van der Waals surface area (Å²) in [5, 5.41) is 19.6. The Morgan fingerprint density at radius 1 is 0.588 bits per heavy atom. The fraction of sp³-hybridized carbons (Fsp3) is 0.932. The summed E-state index contributed by atoms with van der Waals surface area (Å²) in [6, 6.07) is -0.456. The van der Waals surface area contributed by atoms with E-state index in [1.807, 2.05) is 0 Å². The van der Waals surface area contributed by atoms with Crippen LogP contribution in [0.3, 0.4) is 0 Å². The molecule has 2 saturated heterocycles. The van der Waals surface area contributed by atoms with Crippen molar-refractivity contribution in [1.82, 2.24) is 5.16 Å². The largest absolute Gasteiger partial charge is 1.00 e. The summed E-state index contributed by atoms with van der Waals surface area (Å²) in [4.78, 5) is 17.3. The van der Waals surface area contributed by atoms with Crippen molar-refractivity contribution in [1.29, 1.82) is 0 Å². The maximum atomic E-state index is 13.4. The summed E-state index contributed by atoms with van der Waals surface area (Å²) in [5.74, 6) is 9.97. The van der Waals surface area contributed by atoms with Gasteiger partial charge in [-0.15, -0.1) is 0 Å².